The molecule has 1 saturated carbocycles. The lowest BCUT2D eigenvalue weighted by atomic mass is 9.55. The van der Waals surface area contributed by atoms with Crippen molar-refractivity contribution >= 4 is 11.6 Å². The van der Waals surface area contributed by atoms with Crippen LogP contribution in [0.4, 0.5) is 0 Å². The van der Waals surface area contributed by atoms with Gasteiger partial charge in [-0.3, -0.25) is 9.59 Å². The summed E-state index contributed by atoms with van der Waals surface area (Å²) >= 11 is 0. The van der Waals surface area contributed by atoms with E-state index in [1.807, 2.05) is 12.2 Å². The van der Waals surface area contributed by atoms with E-state index in [1.165, 1.54) is 14.2 Å². The van der Waals surface area contributed by atoms with Crippen molar-refractivity contribution in [2.45, 2.75) is 31.0 Å². The SMILES string of the molecule is C=CC[C@@]1(OC)C(=O)[C@H]2C=C[C@]1(OC)[C@H](C(C)=O)C2. The molecule has 3 rings (SSSR count). The van der Waals surface area contributed by atoms with E-state index in [2.05, 4.69) is 6.58 Å². The summed E-state index contributed by atoms with van der Waals surface area (Å²) in [6.07, 6.45) is 6.16. The summed E-state index contributed by atoms with van der Waals surface area (Å²) in [5, 5.41) is 0. The van der Waals surface area contributed by atoms with Crippen LogP contribution in [0, 0.1) is 11.8 Å². The third-order valence-corrected chi connectivity index (χ3v) is 4.56. The van der Waals surface area contributed by atoms with Gasteiger partial charge >= 0.3 is 0 Å². The number of methoxy groups -OCH3 is 2. The number of hydrogen-bond acceptors (Lipinski definition) is 4. The van der Waals surface area contributed by atoms with Crippen LogP contribution < -0.4 is 0 Å². The van der Waals surface area contributed by atoms with Crippen molar-refractivity contribution in [1.29, 1.82) is 0 Å². The Balaban J connectivity index is 2.64. The summed E-state index contributed by atoms with van der Waals surface area (Å²) in [6, 6.07) is 0. The highest BCUT2D eigenvalue weighted by atomic mass is 16.6. The molecule has 0 aromatic carbocycles. The third-order valence-electron chi connectivity index (χ3n) is 4.56. The van der Waals surface area contributed by atoms with Crippen LogP contribution in [0.1, 0.15) is 19.8 Å². The molecule has 104 valence electrons. The quantitative estimate of drug-likeness (QED) is 0.709. The first kappa shape index (κ1) is 14.2. The van der Waals surface area contributed by atoms with Gasteiger partial charge in [-0.2, -0.15) is 0 Å². The van der Waals surface area contributed by atoms with Gasteiger partial charge in [-0.05, 0) is 13.3 Å². The topological polar surface area (TPSA) is 52.6 Å². The molecule has 0 unspecified atom stereocenters. The lowest BCUT2D eigenvalue weighted by Gasteiger charge is -2.56. The Bertz CT molecular complexity index is 453. The first-order chi connectivity index (χ1) is 8.99. The molecular formula is C15H20O4. The number of Topliss-reactive ketones (excluding diaryl/α,β-unsaturated/α-hetero) is 2. The van der Waals surface area contributed by atoms with Crippen molar-refractivity contribution in [2.75, 3.05) is 14.2 Å². The lowest BCUT2D eigenvalue weighted by Crippen LogP contribution is -2.71. The molecule has 0 heterocycles. The number of carbonyl (C=O) groups is 2. The Kier molecular flexibility index (Phi) is 3.49. The van der Waals surface area contributed by atoms with E-state index in [1.54, 1.807) is 13.0 Å². The van der Waals surface area contributed by atoms with Crippen LogP contribution >= 0.6 is 0 Å². The van der Waals surface area contributed by atoms with Gasteiger partial charge in [0.05, 0.1) is 5.92 Å². The van der Waals surface area contributed by atoms with Gasteiger partial charge in [0.2, 0.25) is 0 Å². The molecule has 0 amide bonds. The fraction of sp³-hybridized carbons (Fsp3) is 0.600. The molecule has 4 heteroatoms. The molecule has 3 aliphatic carbocycles. The molecule has 1 fully saturated rings. The zero-order valence-corrected chi connectivity index (χ0v) is 11.6. The Morgan fingerprint density at radius 2 is 2.21 bits per heavy atom. The molecule has 4 nitrogen and oxygen atoms in total. The summed E-state index contributed by atoms with van der Waals surface area (Å²) in [4.78, 5) is 24.6. The zero-order chi connectivity index (χ0) is 14.3. The number of allylic oxidation sites excluding steroid dienone is 1. The second-order valence-corrected chi connectivity index (χ2v) is 5.25. The van der Waals surface area contributed by atoms with Crippen LogP contribution in [0.3, 0.4) is 0 Å². The molecule has 0 aromatic rings. The fourth-order valence-corrected chi connectivity index (χ4v) is 3.64. The number of hydrogen-bond donors (Lipinski definition) is 0. The van der Waals surface area contributed by atoms with E-state index in [4.69, 9.17) is 9.47 Å². The summed E-state index contributed by atoms with van der Waals surface area (Å²) in [5.74, 6) is -0.623. The minimum absolute atomic E-state index is 0.0169. The molecule has 3 aliphatic rings. The number of fused-ring (bicyclic) bond motifs is 2. The van der Waals surface area contributed by atoms with Crippen molar-refractivity contribution in [1.82, 2.24) is 0 Å². The van der Waals surface area contributed by atoms with E-state index in [0.717, 1.165) is 0 Å². The summed E-state index contributed by atoms with van der Waals surface area (Å²) in [7, 11) is 3.02. The average molecular weight is 264 g/mol. The Hall–Kier alpha value is -1.26. The van der Waals surface area contributed by atoms with Crippen LogP contribution in [0.15, 0.2) is 24.8 Å². The summed E-state index contributed by atoms with van der Waals surface area (Å²) < 4.78 is 11.3. The minimum Gasteiger partial charge on any atom is -0.370 e. The van der Waals surface area contributed by atoms with Gasteiger partial charge < -0.3 is 9.47 Å². The highest BCUT2D eigenvalue weighted by Crippen LogP contribution is 2.52. The number of ether oxygens (including phenoxy) is 2. The second kappa shape index (κ2) is 4.69. The molecule has 2 bridgehead atoms. The van der Waals surface area contributed by atoms with Crippen LogP contribution in [0.25, 0.3) is 0 Å². The molecule has 19 heavy (non-hydrogen) atoms. The molecule has 4 atom stereocenters. The van der Waals surface area contributed by atoms with E-state index in [-0.39, 0.29) is 23.4 Å². The molecule has 0 saturated heterocycles. The van der Waals surface area contributed by atoms with Gasteiger partial charge in [0.15, 0.2) is 11.4 Å². The van der Waals surface area contributed by atoms with Crippen molar-refractivity contribution in [3.63, 3.8) is 0 Å². The van der Waals surface area contributed by atoms with Gasteiger partial charge in [0.25, 0.3) is 0 Å². The van der Waals surface area contributed by atoms with Crippen LogP contribution in [0.2, 0.25) is 0 Å². The number of carbonyl (C=O) groups excluding carboxylic acids is 2. The normalized spacial score (nSPS) is 40.5. The predicted molar refractivity (Wildman–Crippen MR) is 70.7 cm³/mol. The van der Waals surface area contributed by atoms with Gasteiger partial charge in [0, 0.05) is 26.6 Å². The standard InChI is InChI=1S/C15H20O4/c1-5-7-15(19-4)13(17)11-6-8-14(15,18-3)12(9-11)10(2)16/h5-6,8,11-12H,1,7,9H2,2-4H3/t11-,12-,14-,15+/m0/s1. The van der Waals surface area contributed by atoms with Crippen LogP contribution in [-0.2, 0) is 19.1 Å². The third kappa shape index (κ3) is 1.60. The van der Waals surface area contributed by atoms with Crippen LogP contribution in [0.5, 0.6) is 0 Å². The van der Waals surface area contributed by atoms with Gasteiger partial charge in [0.1, 0.15) is 11.4 Å². The van der Waals surface area contributed by atoms with Gasteiger partial charge in [-0.25, -0.2) is 0 Å². The van der Waals surface area contributed by atoms with E-state index in [9.17, 15) is 9.59 Å². The van der Waals surface area contributed by atoms with E-state index in [0.29, 0.717) is 12.8 Å². The highest BCUT2D eigenvalue weighted by Gasteiger charge is 2.67. The van der Waals surface area contributed by atoms with Crippen molar-refractivity contribution in [2.24, 2.45) is 11.8 Å². The molecule has 0 spiro atoms. The maximum absolute atomic E-state index is 12.6. The number of rotatable bonds is 5. The van der Waals surface area contributed by atoms with Crippen molar-refractivity contribution < 1.29 is 19.1 Å². The predicted octanol–water partition coefficient (Wildman–Crippen LogP) is 1.70. The smallest absolute Gasteiger partial charge is 0.175 e. The average Bonchev–Trinajstić information content (AvgIpc) is 2.42. The van der Waals surface area contributed by atoms with E-state index >= 15 is 0 Å². The van der Waals surface area contributed by atoms with Gasteiger partial charge in [-0.1, -0.05) is 18.2 Å². The first-order valence-electron chi connectivity index (χ1n) is 6.44. The Labute approximate surface area is 113 Å². The summed E-state index contributed by atoms with van der Waals surface area (Å²) in [5.41, 5.74) is -2.16. The molecule has 0 radical (unpaired) electrons. The first-order valence-corrected chi connectivity index (χ1v) is 6.44. The maximum atomic E-state index is 12.6. The zero-order valence-electron chi connectivity index (χ0n) is 11.6. The fourth-order valence-electron chi connectivity index (χ4n) is 3.64. The summed E-state index contributed by atoms with van der Waals surface area (Å²) in [6.45, 7) is 5.24. The molecule has 0 N–H and O–H groups in total. The van der Waals surface area contributed by atoms with Gasteiger partial charge in [-0.15, -0.1) is 6.58 Å². The Morgan fingerprint density at radius 3 is 2.68 bits per heavy atom. The highest BCUT2D eigenvalue weighted by molar-refractivity contribution is 5.98. The van der Waals surface area contributed by atoms with E-state index < -0.39 is 11.2 Å². The molecule has 0 aromatic heterocycles. The lowest BCUT2D eigenvalue weighted by molar-refractivity contribution is -0.210. The molecular weight excluding hydrogens is 244 g/mol. The van der Waals surface area contributed by atoms with Crippen molar-refractivity contribution in [3.05, 3.63) is 24.8 Å². The monoisotopic (exact) mass is 264 g/mol. The van der Waals surface area contributed by atoms with Crippen LogP contribution in [-0.4, -0.2) is 37.0 Å². The number of ketones is 2. The molecule has 0 aliphatic heterocycles. The Morgan fingerprint density at radius 1 is 1.53 bits per heavy atom. The minimum atomic E-state index is -1.14. The largest absolute Gasteiger partial charge is 0.370 e. The maximum Gasteiger partial charge on any atom is 0.175 e. The second-order valence-electron chi connectivity index (χ2n) is 5.25. The van der Waals surface area contributed by atoms with Crippen molar-refractivity contribution in [3.8, 4) is 0 Å².